The highest BCUT2D eigenvalue weighted by Crippen LogP contribution is 2.20. The maximum atomic E-state index is 12.9. The highest BCUT2D eigenvalue weighted by molar-refractivity contribution is 7.99. The van der Waals surface area contributed by atoms with E-state index in [-0.39, 0.29) is 24.0 Å². The molecule has 8 heteroatoms. The maximum absolute atomic E-state index is 12.9. The van der Waals surface area contributed by atoms with E-state index in [9.17, 15) is 9.18 Å². The lowest BCUT2D eigenvalue weighted by atomic mass is 10.1. The molecule has 1 heterocycles. The van der Waals surface area contributed by atoms with E-state index in [1.165, 1.54) is 36.0 Å². The van der Waals surface area contributed by atoms with Crippen LogP contribution >= 0.6 is 11.8 Å². The first-order valence-electron chi connectivity index (χ1n) is 8.13. The van der Waals surface area contributed by atoms with Crippen molar-refractivity contribution < 1.29 is 18.7 Å². The van der Waals surface area contributed by atoms with Gasteiger partial charge in [-0.1, -0.05) is 11.8 Å². The summed E-state index contributed by atoms with van der Waals surface area (Å²) in [6.45, 7) is 0.252. The SMILES string of the molecule is COc1ccc(OCc2nnc(SCC(=O)c3ccc(F)cc3)n2C)cc1. The lowest BCUT2D eigenvalue weighted by Crippen LogP contribution is -2.06. The van der Waals surface area contributed by atoms with Crippen molar-refractivity contribution in [2.45, 2.75) is 11.8 Å². The lowest BCUT2D eigenvalue weighted by molar-refractivity contribution is 0.102. The van der Waals surface area contributed by atoms with E-state index in [0.717, 1.165) is 5.75 Å². The molecule has 0 fully saturated rings. The van der Waals surface area contributed by atoms with Crippen molar-refractivity contribution in [1.82, 2.24) is 14.8 Å². The van der Waals surface area contributed by atoms with Gasteiger partial charge in [0.1, 0.15) is 23.9 Å². The summed E-state index contributed by atoms with van der Waals surface area (Å²) in [7, 11) is 3.42. The van der Waals surface area contributed by atoms with Gasteiger partial charge in [-0.25, -0.2) is 4.39 Å². The molecule has 0 atom stereocenters. The number of halogens is 1. The summed E-state index contributed by atoms with van der Waals surface area (Å²) in [6, 6.07) is 12.7. The Morgan fingerprint density at radius 1 is 1.07 bits per heavy atom. The number of nitrogens with zero attached hydrogens (tertiary/aromatic N) is 3. The summed E-state index contributed by atoms with van der Waals surface area (Å²) in [4.78, 5) is 12.2. The van der Waals surface area contributed by atoms with Gasteiger partial charge in [0.15, 0.2) is 16.8 Å². The second kappa shape index (κ2) is 8.68. The van der Waals surface area contributed by atoms with Gasteiger partial charge in [-0.3, -0.25) is 4.79 Å². The number of thioether (sulfide) groups is 1. The van der Waals surface area contributed by atoms with E-state index in [1.807, 2.05) is 31.3 Å². The topological polar surface area (TPSA) is 66.2 Å². The molecule has 0 spiro atoms. The van der Waals surface area contributed by atoms with Crippen LogP contribution in [0.5, 0.6) is 11.5 Å². The first kappa shape index (κ1) is 18.9. The summed E-state index contributed by atoms with van der Waals surface area (Å²) >= 11 is 1.28. The highest BCUT2D eigenvalue weighted by Gasteiger charge is 2.13. The number of Topliss-reactive ketones (excluding diaryl/α,β-unsaturated/α-hetero) is 1. The number of hydrogen-bond donors (Lipinski definition) is 0. The summed E-state index contributed by atoms with van der Waals surface area (Å²) in [6.07, 6.45) is 0. The molecular formula is C19H18FN3O3S. The van der Waals surface area contributed by atoms with Crippen LogP contribution in [0, 0.1) is 5.82 Å². The predicted octanol–water partition coefficient (Wildman–Crippen LogP) is 3.52. The Bertz CT molecular complexity index is 911. The molecule has 0 aliphatic heterocycles. The Labute approximate surface area is 160 Å². The Morgan fingerprint density at radius 2 is 1.74 bits per heavy atom. The number of ether oxygens (including phenoxy) is 2. The minimum Gasteiger partial charge on any atom is -0.497 e. The standard InChI is InChI=1S/C19H18FN3O3S/c1-23-18(11-26-16-9-7-15(25-2)8-10-16)21-22-19(23)27-12-17(24)13-3-5-14(20)6-4-13/h3-10H,11-12H2,1-2H3. The molecule has 0 saturated carbocycles. The number of rotatable bonds is 8. The summed E-state index contributed by atoms with van der Waals surface area (Å²) in [5, 5.41) is 8.82. The van der Waals surface area contributed by atoms with E-state index in [4.69, 9.17) is 9.47 Å². The van der Waals surface area contributed by atoms with Crippen LogP contribution in [-0.4, -0.2) is 33.4 Å². The second-order valence-corrected chi connectivity index (χ2v) is 6.58. The quantitative estimate of drug-likeness (QED) is 0.435. The average Bonchev–Trinajstić information content (AvgIpc) is 3.05. The normalized spacial score (nSPS) is 10.6. The molecule has 0 N–H and O–H groups in total. The smallest absolute Gasteiger partial charge is 0.191 e. The van der Waals surface area contributed by atoms with Crippen molar-refractivity contribution in [3.63, 3.8) is 0 Å². The summed E-state index contributed by atoms with van der Waals surface area (Å²) in [5.41, 5.74) is 0.467. The molecule has 0 amide bonds. The molecule has 0 aliphatic carbocycles. The monoisotopic (exact) mass is 387 g/mol. The van der Waals surface area contributed by atoms with E-state index < -0.39 is 0 Å². The van der Waals surface area contributed by atoms with Crippen LogP contribution in [-0.2, 0) is 13.7 Å². The van der Waals surface area contributed by atoms with Crippen LogP contribution in [0.25, 0.3) is 0 Å². The van der Waals surface area contributed by atoms with Gasteiger partial charge in [0.2, 0.25) is 0 Å². The number of carbonyl (C=O) groups excluding carboxylic acids is 1. The number of benzene rings is 2. The molecule has 140 valence electrons. The third kappa shape index (κ3) is 4.85. The minimum atomic E-state index is -0.367. The Kier molecular flexibility index (Phi) is 6.08. The van der Waals surface area contributed by atoms with Crippen molar-refractivity contribution in [1.29, 1.82) is 0 Å². The van der Waals surface area contributed by atoms with E-state index >= 15 is 0 Å². The molecule has 0 unspecified atom stereocenters. The molecule has 0 aliphatic rings. The molecular weight excluding hydrogens is 369 g/mol. The third-order valence-corrected chi connectivity index (χ3v) is 4.87. The zero-order valence-corrected chi connectivity index (χ0v) is 15.7. The van der Waals surface area contributed by atoms with Crippen molar-refractivity contribution >= 4 is 17.5 Å². The second-order valence-electron chi connectivity index (χ2n) is 5.64. The highest BCUT2D eigenvalue weighted by atomic mass is 32.2. The average molecular weight is 387 g/mol. The summed E-state index contributed by atoms with van der Waals surface area (Å²) in [5.74, 6) is 1.82. The Morgan fingerprint density at radius 3 is 2.41 bits per heavy atom. The van der Waals surface area contributed by atoms with Gasteiger partial charge >= 0.3 is 0 Å². The van der Waals surface area contributed by atoms with Crippen LogP contribution in [0.3, 0.4) is 0 Å². The van der Waals surface area contributed by atoms with Crippen LogP contribution in [0.1, 0.15) is 16.2 Å². The van der Waals surface area contributed by atoms with Gasteiger partial charge < -0.3 is 14.0 Å². The third-order valence-electron chi connectivity index (χ3n) is 3.85. The predicted molar refractivity (Wildman–Crippen MR) is 99.8 cm³/mol. The van der Waals surface area contributed by atoms with Gasteiger partial charge in [-0.2, -0.15) is 0 Å². The fraction of sp³-hybridized carbons (Fsp3) is 0.211. The minimum absolute atomic E-state index is 0.0981. The van der Waals surface area contributed by atoms with Crippen LogP contribution in [0.2, 0.25) is 0 Å². The number of aromatic nitrogens is 3. The largest absolute Gasteiger partial charge is 0.497 e. The first-order valence-corrected chi connectivity index (χ1v) is 9.12. The molecule has 27 heavy (non-hydrogen) atoms. The molecule has 0 saturated heterocycles. The zero-order valence-electron chi connectivity index (χ0n) is 14.9. The summed E-state index contributed by atoms with van der Waals surface area (Å²) < 4.78 is 25.5. The Hall–Kier alpha value is -2.87. The molecule has 3 aromatic rings. The first-order chi connectivity index (χ1) is 13.1. The van der Waals surface area contributed by atoms with E-state index in [0.29, 0.717) is 22.3 Å². The van der Waals surface area contributed by atoms with Crippen LogP contribution < -0.4 is 9.47 Å². The van der Waals surface area contributed by atoms with Gasteiger partial charge in [0.05, 0.1) is 12.9 Å². The molecule has 0 bridgehead atoms. The number of methoxy groups -OCH3 is 1. The van der Waals surface area contributed by atoms with Crippen molar-refractivity contribution in [3.8, 4) is 11.5 Å². The maximum Gasteiger partial charge on any atom is 0.191 e. The number of hydrogen-bond acceptors (Lipinski definition) is 6. The number of carbonyl (C=O) groups is 1. The lowest BCUT2D eigenvalue weighted by Gasteiger charge is -2.07. The molecule has 3 rings (SSSR count). The van der Waals surface area contributed by atoms with Crippen molar-refractivity contribution in [2.24, 2.45) is 7.05 Å². The fourth-order valence-electron chi connectivity index (χ4n) is 2.27. The zero-order chi connectivity index (χ0) is 19.2. The van der Waals surface area contributed by atoms with Gasteiger partial charge in [0.25, 0.3) is 0 Å². The van der Waals surface area contributed by atoms with E-state index in [2.05, 4.69) is 10.2 Å². The number of ketones is 1. The van der Waals surface area contributed by atoms with Crippen molar-refractivity contribution in [3.05, 3.63) is 65.7 Å². The molecule has 0 radical (unpaired) electrons. The Balaban J connectivity index is 1.56. The molecule has 2 aromatic carbocycles. The molecule has 1 aromatic heterocycles. The van der Waals surface area contributed by atoms with Gasteiger partial charge in [-0.15, -0.1) is 10.2 Å². The van der Waals surface area contributed by atoms with Gasteiger partial charge in [0, 0.05) is 12.6 Å². The van der Waals surface area contributed by atoms with Crippen LogP contribution in [0.4, 0.5) is 4.39 Å². The molecule has 6 nitrogen and oxygen atoms in total. The fourth-order valence-corrected chi connectivity index (χ4v) is 3.09. The van der Waals surface area contributed by atoms with E-state index in [1.54, 1.807) is 11.7 Å². The van der Waals surface area contributed by atoms with Crippen LogP contribution in [0.15, 0.2) is 53.7 Å². The van der Waals surface area contributed by atoms with Crippen molar-refractivity contribution in [2.75, 3.05) is 12.9 Å². The van der Waals surface area contributed by atoms with Gasteiger partial charge in [-0.05, 0) is 48.5 Å².